The average Bonchev–Trinajstić information content (AvgIpc) is 2.65. The van der Waals surface area contributed by atoms with Crippen LogP contribution in [0.1, 0.15) is 58.9 Å². The Labute approximate surface area is 168 Å². The maximum absolute atomic E-state index is 13.5. The number of nitrogens with two attached hydrogens (primary N) is 1. The van der Waals surface area contributed by atoms with Gasteiger partial charge in [-0.15, -0.1) is 0 Å². The van der Waals surface area contributed by atoms with E-state index in [1.54, 1.807) is 12.3 Å². The lowest BCUT2D eigenvalue weighted by Crippen LogP contribution is -2.32. The van der Waals surface area contributed by atoms with Gasteiger partial charge in [0.05, 0.1) is 5.70 Å². The number of rotatable bonds is 10. The highest BCUT2D eigenvalue weighted by Gasteiger charge is 2.18. The molecule has 0 bridgehead atoms. The first-order chi connectivity index (χ1) is 13.3. The standard InChI is InChI=1S/C15H23F2N.C8H11NO/c1-3-5-11(6-4-2)15(18)10-12-9-13(16)7-8-14(12)17;1-4-5-6-9-7(2)8(3)10/h7-9,11,15H,3-6,10,18H2,1-2H3;4-6H,2H2,1,3H3/b;5-4-,9-6?. The molecule has 1 unspecified atom stereocenters. The summed E-state index contributed by atoms with van der Waals surface area (Å²) in [5.41, 5.74) is 6.83. The molecule has 0 saturated carbocycles. The van der Waals surface area contributed by atoms with E-state index in [0.29, 0.717) is 17.9 Å². The van der Waals surface area contributed by atoms with Gasteiger partial charge in [0.2, 0.25) is 0 Å². The van der Waals surface area contributed by atoms with Crippen LogP contribution < -0.4 is 5.73 Å². The second-order valence-electron chi connectivity index (χ2n) is 6.75. The second-order valence-corrected chi connectivity index (χ2v) is 6.75. The third kappa shape index (κ3) is 10.9. The van der Waals surface area contributed by atoms with Crippen molar-refractivity contribution in [2.24, 2.45) is 16.6 Å². The maximum atomic E-state index is 13.5. The smallest absolute Gasteiger partial charge is 0.177 e. The van der Waals surface area contributed by atoms with Crippen LogP contribution in [0.4, 0.5) is 8.78 Å². The predicted molar refractivity (Wildman–Crippen MR) is 114 cm³/mol. The number of ketones is 1. The molecule has 0 radical (unpaired) electrons. The molecule has 0 aromatic heterocycles. The minimum Gasteiger partial charge on any atom is -0.327 e. The topological polar surface area (TPSA) is 55.5 Å². The minimum absolute atomic E-state index is 0.0961. The average molecular weight is 393 g/mol. The Bertz CT molecular complexity index is 663. The first-order valence-electron chi connectivity index (χ1n) is 9.81. The minimum atomic E-state index is -0.402. The second kappa shape index (κ2) is 14.9. The van der Waals surface area contributed by atoms with Gasteiger partial charge in [0, 0.05) is 19.2 Å². The first-order valence-corrected chi connectivity index (χ1v) is 9.81. The van der Waals surface area contributed by atoms with Crippen LogP contribution in [0.2, 0.25) is 0 Å². The fourth-order valence-electron chi connectivity index (χ4n) is 2.74. The van der Waals surface area contributed by atoms with Crippen LogP contribution in [0, 0.1) is 17.6 Å². The molecule has 0 spiro atoms. The zero-order valence-electron chi connectivity index (χ0n) is 17.6. The summed E-state index contributed by atoms with van der Waals surface area (Å²) in [4.78, 5) is 14.3. The Morgan fingerprint density at radius 3 is 2.36 bits per heavy atom. The Kier molecular flexibility index (Phi) is 13.7. The van der Waals surface area contributed by atoms with Crippen molar-refractivity contribution in [1.82, 2.24) is 0 Å². The van der Waals surface area contributed by atoms with Crippen molar-refractivity contribution < 1.29 is 13.6 Å². The van der Waals surface area contributed by atoms with Crippen LogP contribution in [0.5, 0.6) is 0 Å². The molecule has 0 fully saturated rings. The number of nitrogens with zero attached hydrogens (tertiary/aromatic N) is 1. The van der Waals surface area contributed by atoms with Crippen molar-refractivity contribution in [3.05, 3.63) is 59.8 Å². The van der Waals surface area contributed by atoms with Crippen molar-refractivity contribution >= 4 is 12.0 Å². The fraction of sp³-hybridized carbons (Fsp3) is 0.478. The van der Waals surface area contributed by atoms with E-state index < -0.39 is 5.82 Å². The van der Waals surface area contributed by atoms with Crippen molar-refractivity contribution in [3.8, 4) is 0 Å². The summed E-state index contributed by atoms with van der Waals surface area (Å²) < 4.78 is 26.6. The summed E-state index contributed by atoms with van der Waals surface area (Å²) >= 11 is 0. The molecule has 2 N–H and O–H groups in total. The first kappa shape index (κ1) is 25.9. The maximum Gasteiger partial charge on any atom is 0.177 e. The van der Waals surface area contributed by atoms with E-state index in [9.17, 15) is 13.6 Å². The fourth-order valence-corrected chi connectivity index (χ4v) is 2.74. The SMILES string of the molecule is C=C(N=C/C=C\C)C(C)=O.CCCC(CCC)C(N)Cc1cc(F)ccc1F. The Balaban J connectivity index is 0.000000621. The van der Waals surface area contributed by atoms with Crippen LogP contribution in [0.3, 0.4) is 0 Å². The summed E-state index contributed by atoms with van der Waals surface area (Å²) in [6, 6.07) is 3.47. The summed E-state index contributed by atoms with van der Waals surface area (Å²) in [7, 11) is 0. The monoisotopic (exact) mass is 392 g/mol. The van der Waals surface area contributed by atoms with Gasteiger partial charge in [-0.25, -0.2) is 8.78 Å². The van der Waals surface area contributed by atoms with E-state index in [2.05, 4.69) is 25.4 Å². The zero-order valence-corrected chi connectivity index (χ0v) is 17.6. The zero-order chi connectivity index (χ0) is 21.5. The number of carbonyl (C=O) groups is 1. The summed E-state index contributed by atoms with van der Waals surface area (Å²) in [5, 5.41) is 0. The van der Waals surface area contributed by atoms with Gasteiger partial charge in [0.25, 0.3) is 0 Å². The molecular weight excluding hydrogens is 358 g/mol. The molecule has 0 aliphatic carbocycles. The number of allylic oxidation sites excluding steroid dienone is 3. The Morgan fingerprint density at radius 1 is 1.25 bits per heavy atom. The molecule has 1 rings (SSSR count). The van der Waals surface area contributed by atoms with Gasteiger partial charge in [-0.05, 0) is 61.9 Å². The number of halogens is 2. The molecule has 5 heteroatoms. The molecule has 28 heavy (non-hydrogen) atoms. The van der Waals surface area contributed by atoms with Crippen LogP contribution in [0.25, 0.3) is 0 Å². The van der Waals surface area contributed by atoms with E-state index in [-0.39, 0.29) is 23.3 Å². The quantitative estimate of drug-likeness (QED) is 0.405. The number of hydrogen-bond donors (Lipinski definition) is 1. The Hall–Kier alpha value is -2.14. The van der Waals surface area contributed by atoms with E-state index in [0.717, 1.165) is 31.7 Å². The van der Waals surface area contributed by atoms with Gasteiger partial charge in [-0.2, -0.15) is 0 Å². The van der Waals surface area contributed by atoms with Crippen LogP contribution in [-0.2, 0) is 11.2 Å². The molecule has 1 atom stereocenters. The van der Waals surface area contributed by atoms with Gasteiger partial charge in [-0.1, -0.05) is 39.3 Å². The highest BCUT2D eigenvalue weighted by atomic mass is 19.1. The number of Topliss-reactive ketones (excluding diaryl/α,β-unsaturated/α-hetero) is 1. The number of hydrogen-bond acceptors (Lipinski definition) is 3. The largest absolute Gasteiger partial charge is 0.327 e. The van der Waals surface area contributed by atoms with Crippen molar-refractivity contribution in [3.63, 3.8) is 0 Å². The summed E-state index contributed by atoms with van der Waals surface area (Å²) in [5.74, 6) is -0.469. The van der Waals surface area contributed by atoms with Gasteiger partial charge in [0.1, 0.15) is 11.6 Å². The summed E-state index contributed by atoms with van der Waals surface area (Å²) in [6.45, 7) is 11.0. The van der Waals surface area contributed by atoms with Crippen LogP contribution >= 0.6 is 0 Å². The Morgan fingerprint density at radius 2 is 1.86 bits per heavy atom. The highest BCUT2D eigenvalue weighted by Crippen LogP contribution is 2.21. The van der Waals surface area contributed by atoms with Gasteiger partial charge in [-0.3, -0.25) is 9.79 Å². The van der Waals surface area contributed by atoms with E-state index in [1.807, 2.05) is 13.0 Å². The molecule has 0 saturated heterocycles. The molecule has 156 valence electrons. The third-order valence-electron chi connectivity index (χ3n) is 4.30. The molecule has 0 aliphatic heterocycles. The number of benzene rings is 1. The number of aliphatic imine (C=N–C) groups is 1. The predicted octanol–water partition coefficient (Wildman–Crippen LogP) is 5.79. The molecule has 0 amide bonds. The lowest BCUT2D eigenvalue weighted by molar-refractivity contribution is -0.113. The molecule has 0 heterocycles. The number of carbonyl (C=O) groups excluding carboxylic acids is 1. The third-order valence-corrected chi connectivity index (χ3v) is 4.30. The molecule has 1 aromatic rings. The van der Waals surface area contributed by atoms with Crippen molar-refractivity contribution in [2.45, 2.75) is 65.8 Å². The lowest BCUT2D eigenvalue weighted by atomic mass is 9.87. The lowest BCUT2D eigenvalue weighted by Gasteiger charge is -2.23. The molecule has 3 nitrogen and oxygen atoms in total. The highest BCUT2D eigenvalue weighted by molar-refractivity contribution is 5.94. The van der Waals surface area contributed by atoms with Crippen molar-refractivity contribution in [2.75, 3.05) is 0 Å². The van der Waals surface area contributed by atoms with Crippen molar-refractivity contribution in [1.29, 1.82) is 0 Å². The van der Waals surface area contributed by atoms with Gasteiger partial charge >= 0.3 is 0 Å². The van der Waals surface area contributed by atoms with Crippen LogP contribution in [-0.4, -0.2) is 18.0 Å². The molecule has 0 aliphatic rings. The molecule has 1 aromatic carbocycles. The van der Waals surface area contributed by atoms with Gasteiger partial charge in [0.15, 0.2) is 5.78 Å². The normalized spacial score (nSPS) is 12.3. The summed E-state index contributed by atoms with van der Waals surface area (Å²) in [6.07, 6.45) is 9.77. The molecular formula is C23H34F2N2O. The van der Waals surface area contributed by atoms with Gasteiger partial charge < -0.3 is 5.73 Å². The van der Waals surface area contributed by atoms with E-state index >= 15 is 0 Å². The van der Waals surface area contributed by atoms with E-state index in [1.165, 1.54) is 19.1 Å². The van der Waals surface area contributed by atoms with E-state index in [4.69, 9.17) is 5.73 Å². The van der Waals surface area contributed by atoms with Crippen LogP contribution in [0.15, 0.2) is 47.6 Å².